The first-order chi connectivity index (χ1) is 5.57. The minimum atomic E-state index is -0.699. The van der Waals surface area contributed by atoms with Gasteiger partial charge in [-0.2, -0.15) is 0 Å². The lowest BCUT2D eigenvalue weighted by Gasteiger charge is -2.10. The van der Waals surface area contributed by atoms with Gasteiger partial charge in [-0.3, -0.25) is 4.79 Å². The Labute approximate surface area is 74.3 Å². The van der Waals surface area contributed by atoms with Gasteiger partial charge in [-0.15, -0.1) is 6.58 Å². The Morgan fingerprint density at radius 2 is 2.08 bits per heavy atom. The first-order valence-electron chi connectivity index (χ1n) is 4.41. The fourth-order valence-corrected chi connectivity index (χ4v) is 1.08. The molecule has 0 aromatic heterocycles. The third kappa shape index (κ3) is 4.94. The summed E-state index contributed by atoms with van der Waals surface area (Å²) >= 11 is 0. The van der Waals surface area contributed by atoms with Crippen LogP contribution in [0.5, 0.6) is 0 Å². The zero-order valence-corrected chi connectivity index (χ0v) is 7.92. The molecule has 1 atom stereocenters. The molecule has 2 heteroatoms. The molecular weight excluding hydrogens is 152 g/mol. The molecule has 0 aliphatic carbocycles. The Hall–Kier alpha value is -0.790. The summed E-state index contributed by atoms with van der Waals surface area (Å²) in [6.07, 6.45) is 4.00. The third-order valence-corrected chi connectivity index (χ3v) is 1.89. The highest BCUT2D eigenvalue weighted by atomic mass is 16.4. The molecule has 0 rings (SSSR count). The molecule has 1 unspecified atom stereocenters. The normalized spacial score (nSPS) is 12.9. The number of hydrogen-bond acceptors (Lipinski definition) is 1. The van der Waals surface area contributed by atoms with Crippen molar-refractivity contribution < 1.29 is 9.90 Å². The van der Waals surface area contributed by atoms with Crippen molar-refractivity contribution in [1.29, 1.82) is 0 Å². The predicted molar refractivity (Wildman–Crippen MR) is 50.0 cm³/mol. The van der Waals surface area contributed by atoms with Crippen LogP contribution in [-0.4, -0.2) is 11.1 Å². The van der Waals surface area contributed by atoms with Crippen molar-refractivity contribution >= 4 is 5.97 Å². The molecule has 0 aromatic carbocycles. The first-order valence-corrected chi connectivity index (χ1v) is 4.41. The van der Waals surface area contributed by atoms with E-state index in [0.717, 1.165) is 12.8 Å². The summed E-state index contributed by atoms with van der Waals surface area (Å²) in [6, 6.07) is 0. The Bertz CT molecular complexity index is 150. The van der Waals surface area contributed by atoms with E-state index in [2.05, 4.69) is 20.4 Å². The molecule has 12 heavy (non-hydrogen) atoms. The molecule has 0 saturated carbocycles. The lowest BCUT2D eigenvalue weighted by Crippen LogP contribution is -2.13. The molecule has 70 valence electrons. The van der Waals surface area contributed by atoms with Gasteiger partial charge in [0.2, 0.25) is 0 Å². The van der Waals surface area contributed by atoms with E-state index in [0.29, 0.717) is 12.3 Å². The van der Waals surface area contributed by atoms with Crippen LogP contribution >= 0.6 is 0 Å². The van der Waals surface area contributed by atoms with Crippen molar-refractivity contribution in [1.82, 2.24) is 0 Å². The predicted octanol–water partition coefficient (Wildman–Crippen LogP) is 2.70. The van der Waals surface area contributed by atoms with E-state index in [4.69, 9.17) is 5.11 Å². The first kappa shape index (κ1) is 11.2. The maximum absolute atomic E-state index is 10.7. The van der Waals surface area contributed by atoms with Crippen LogP contribution in [0.2, 0.25) is 0 Å². The van der Waals surface area contributed by atoms with Crippen molar-refractivity contribution in [3.05, 3.63) is 12.7 Å². The van der Waals surface area contributed by atoms with Crippen LogP contribution in [0, 0.1) is 11.8 Å². The van der Waals surface area contributed by atoms with Crippen molar-refractivity contribution in [3.63, 3.8) is 0 Å². The van der Waals surface area contributed by atoms with Crippen molar-refractivity contribution in [2.24, 2.45) is 11.8 Å². The SMILES string of the molecule is C=CCC(CCC(C)C)C(=O)O. The molecule has 2 nitrogen and oxygen atoms in total. The Morgan fingerprint density at radius 1 is 1.50 bits per heavy atom. The van der Waals surface area contributed by atoms with Gasteiger partial charge in [-0.1, -0.05) is 26.3 Å². The summed E-state index contributed by atoms with van der Waals surface area (Å²) in [5.41, 5.74) is 0. The van der Waals surface area contributed by atoms with Gasteiger partial charge in [0, 0.05) is 0 Å². The Kier molecular flexibility index (Phi) is 5.43. The molecule has 0 heterocycles. The van der Waals surface area contributed by atoms with Gasteiger partial charge >= 0.3 is 5.97 Å². The second-order valence-corrected chi connectivity index (χ2v) is 3.53. The van der Waals surface area contributed by atoms with Gasteiger partial charge in [0.15, 0.2) is 0 Å². The van der Waals surface area contributed by atoms with Crippen LogP contribution in [0.1, 0.15) is 33.1 Å². The van der Waals surface area contributed by atoms with Gasteiger partial charge in [0.1, 0.15) is 0 Å². The van der Waals surface area contributed by atoms with Crippen molar-refractivity contribution in [2.75, 3.05) is 0 Å². The highest BCUT2D eigenvalue weighted by Crippen LogP contribution is 2.15. The summed E-state index contributed by atoms with van der Waals surface area (Å²) < 4.78 is 0. The lowest BCUT2D eigenvalue weighted by molar-refractivity contribution is -0.141. The molecule has 0 aliphatic rings. The van der Waals surface area contributed by atoms with E-state index >= 15 is 0 Å². The number of allylic oxidation sites excluding steroid dienone is 1. The number of carboxylic acids is 1. The van der Waals surface area contributed by atoms with Crippen molar-refractivity contribution in [3.8, 4) is 0 Å². The van der Waals surface area contributed by atoms with E-state index in [9.17, 15) is 4.79 Å². The fraction of sp³-hybridized carbons (Fsp3) is 0.700. The topological polar surface area (TPSA) is 37.3 Å². The molecule has 0 saturated heterocycles. The molecule has 0 fully saturated rings. The molecule has 0 spiro atoms. The molecule has 0 aliphatic heterocycles. The maximum atomic E-state index is 10.7. The van der Waals surface area contributed by atoms with Gasteiger partial charge < -0.3 is 5.11 Å². The summed E-state index contributed by atoms with van der Waals surface area (Å²) in [7, 11) is 0. The van der Waals surface area contributed by atoms with Crippen molar-refractivity contribution in [2.45, 2.75) is 33.1 Å². The highest BCUT2D eigenvalue weighted by molar-refractivity contribution is 5.70. The van der Waals surface area contributed by atoms with Gasteiger partial charge in [-0.05, 0) is 18.8 Å². The smallest absolute Gasteiger partial charge is 0.306 e. The van der Waals surface area contributed by atoms with Crippen LogP contribution in [0.3, 0.4) is 0 Å². The van der Waals surface area contributed by atoms with Crippen LogP contribution in [0.4, 0.5) is 0 Å². The van der Waals surface area contributed by atoms with Crippen LogP contribution in [-0.2, 0) is 4.79 Å². The zero-order valence-electron chi connectivity index (χ0n) is 7.92. The average molecular weight is 170 g/mol. The minimum absolute atomic E-state index is 0.232. The highest BCUT2D eigenvalue weighted by Gasteiger charge is 2.15. The third-order valence-electron chi connectivity index (χ3n) is 1.89. The standard InChI is InChI=1S/C10H18O2/c1-4-5-9(10(11)12)7-6-8(2)3/h4,8-9H,1,5-7H2,2-3H3,(H,11,12). The largest absolute Gasteiger partial charge is 0.481 e. The molecule has 0 aromatic rings. The summed E-state index contributed by atoms with van der Waals surface area (Å²) in [5, 5.41) is 8.77. The second kappa shape index (κ2) is 5.81. The Balaban J connectivity index is 3.78. The summed E-state index contributed by atoms with van der Waals surface area (Å²) in [4.78, 5) is 10.7. The fourth-order valence-electron chi connectivity index (χ4n) is 1.08. The second-order valence-electron chi connectivity index (χ2n) is 3.53. The van der Waals surface area contributed by atoms with Crippen LogP contribution < -0.4 is 0 Å². The van der Waals surface area contributed by atoms with Gasteiger partial charge in [0.25, 0.3) is 0 Å². The molecule has 0 bridgehead atoms. The van der Waals surface area contributed by atoms with Crippen LogP contribution in [0.25, 0.3) is 0 Å². The van der Waals surface area contributed by atoms with E-state index in [-0.39, 0.29) is 5.92 Å². The molecule has 0 amide bonds. The molecule has 1 N–H and O–H groups in total. The summed E-state index contributed by atoms with van der Waals surface area (Å²) in [5.74, 6) is -0.350. The zero-order chi connectivity index (χ0) is 9.56. The number of hydrogen-bond donors (Lipinski definition) is 1. The quantitative estimate of drug-likeness (QED) is 0.622. The minimum Gasteiger partial charge on any atom is -0.481 e. The number of carboxylic acid groups (broad SMARTS) is 1. The average Bonchev–Trinajstić information content (AvgIpc) is 1.96. The van der Waals surface area contributed by atoms with Gasteiger partial charge in [-0.25, -0.2) is 0 Å². The van der Waals surface area contributed by atoms with Gasteiger partial charge in [0.05, 0.1) is 5.92 Å². The van der Waals surface area contributed by atoms with E-state index in [1.54, 1.807) is 6.08 Å². The van der Waals surface area contributed by atoms with Crippen LogP contribution in [0.15, 0.2) is 12.7 Å². The Morgan fingerprint density at radius 3 is 2.42 bits per heavy atom. The maximum Gasteiger partial charge on any atom is 0.306 e. The number of rotatable bonds is 6. The summed E-state index contributed by atoms with van der Waals surface area (Å²) in [6.45, 7) is 7.75. The molecule has 0 radical (unpaired) electrons. The van der Waals surface area contributed by atoms with E-state index < -0.39 is 5.97 Å². The monoisotopic (exact) mass is 170 g/mol. The lowest BCUT2D eigenvalue weighted by atomic mass is 9.95. The number of carbonyl (C=O) groups is 1. The van der Waals surface area contributed by atoms with E-state index in [1.807, 2.05) is 0 Å². The van der Waals surface area contributed by atoms with E-state index in [1.165, 1.54) is 0 Å². The molecular formula is C10H18O2. The number of aliphatic carboxylic acids is 1.